The average molecular weight is 453 g/mol. The third-order valence-corrected chi connectivity index (χ3v) is 5.40. The minimum atomic E-state index is -1.42. The molecule has 0 aromatic heterocycles. The van der Waals surface area contributed by atoms with Crippen LogP contribution in [-0.4, -0.2) is 39.6 Å². The van der Waals surface area contributed by atoms with Gasteiger partial charge in [-0.2, -0.15) is 0 Å². The first-order chi connectivity index (χ1) is 15.2. The van der Waals surface area contributed by atoms with Gasteiger partial charge in [-0.3, -0.25) is 9.59 Å². The van der Waals surface area contributed by atoms with E-state index >= 15 is 0 Å². The zero-order valence-electron chi connectivity index (χ0n) is 16.4. The number of aromatic carboxylic acids is 2. The average Bonchev–Trinajstić information content (AvgIpc) is 2.78. The van der Waals surface area contributed by atoms with Crippen molar-refractivity contribution in [2.45, 2.75) is 4.90 Å². The molecular formula is C23H16FNO6S. The van der Waals surface area contributed by atoms with Crippen molar-refractivity contribution < 1.29 is 33.8 Å². The summed E-state index contributed by atoms with van der Waals surface area (Å²) in [5.74, 6) is -3.85. The molecule has 0 saturated carbocycles. The van der Waals surface area contributed by atoms with Gasteiger partial charge in [-0.25, -0.2) is 14.0 Å². The van der Waals surface area contributed by atoms with Crippen molar-refractivity contribution in [2.75, 3.05) is 11.1 Å². The third kappa shape index (κ3) is 5.58. The zero-order chi connectivity index (χ0) is 23.3. The van der Waals surface area contributed by atoms with E-state index in [1.165, 1.54) is 36.0 Å². The molecule has 0 fully saturated rings. The van der Waals surface area contributed by atoms with Gasteiger partial charge in [0.05, 0.1) is 22.4 Å². The number of benzene rings is 3. The van der Waals surface area contributed by atoms with Crippen molar-refractivity contribution in [2.24, 2.45) is 0 Å². The van der Waals surface area contributed by atoms with E-state index < -0.39 is 29.2 Å². The van der Waals surface area contributed by atoms with Crippen LogP contribution in [-0.2, 0) is 0 Å². The van der Waals surface area contributed by atoms with E-state index in [9.17, 15) is 28.7 Å². The Morgan fingerprint density at radius 3 is 2.00 bits per heavy atom. The Bertz CT molecular complexity index is 1190. The van der Waals surface area contributed by atoms with Crippen molar-refractivity contribution in [3.05, 3.63) is 94.8 Å². The minimum Gasteiger partial charge on any atom is -0.478 e. The largest absolute Gasteiger partial charge is 0.478 e. The molecule has 7 nitrogen and oxygen atoms in total. The Morgan fingerprint density at radius 2 is 1.41 bits per heavy atom. The molecule has 3 N–H and O–H groups in total. The molecule has 0 heterocycles. The number of hydrogen-bond acceptors (Lipinski definition) is 5. The molecule has 0 aliphatic carbocycles. The van der Waals surface area contributed by atoms with Gasteiger partial charge in [-0.15, -0.1) is 11.8 Å². The summed E-state index contributed by atoms with van der Waals surface area (Å²) in [6.45, 7) is 0. The predicted octanol–water partition coefficient (Wildman–Crippen LogP) is 4.45. The Labute approximate surface area is 185 Å². The Kier molecular flexibility index (Phi) is 7.01. The van der Waals surface area contributed by atoms with E-state index in [1.807, 2.05) is 0 Å². The number of carbonyl (C=O) groups is 4. The van der Waals surface area contributed by atoms with E-state index in [0.717, 1.165) is 23.1 Å². The number of anilines is 1. The fraction of sp³-hybridized carbons (Fsp3) is 0.0435. The summed E-state index contributed by atoms with van der Waals surface area (Å²) in [5.41, 5.74) is -0.0379. The lowest BCUT2D eigenvalue weighted by Gasteiger charge is -2.09. The van der Waals surface area contributed by atoms with Crippen LogP contribution in [0.15, 0.2) is 71.6 Å². The quantitative estimate of drug-likeness (QED) is 0.340. The summed E-state index contributed by atoms with van der Waals surface area (Å²) in [4.78, 5) is 47.9. The second-order valence-corrected chi connectivity index (χ2v) is 7.62. The molecule has 0 atom stereocenters. The minimum absolute atomic E-state index is 0.148. The second kappa shape index (κ2) is 9.88. The van der Waals surface area contributed by atoms with Crippen LogP contribution < -0.4 is 5.32 Å². The summed E-state index contributed by atoms with van der Waals surface area (Å²) in [5, 5.41) is 20.9. The lowest BCUT2D eigenvalue weighted by Crippen LogP contribution is -2.17. The fourth-order valence-electron chi connectivity index (χ4n) is 2.75. The lowest BCUT2D eigenvalue weighted by molar-refractivity contribution is 0.0692. The molecule has 0 aliphatic rings. The number of Topliss-reactive ketones (excluding diaryl/α,β-unsaturated/α-hetero) is 1. The van der Waals surface area contributed by atoms with E-state index in [4.69, 9.17) is 5.11 Å². The van der Waals surface area contributed by atoms with Crippen molar-refractivity contribution in [1.82, 2.24) is 0 Å². The maximum Gasteiger partial charge on any atom is 0.336 e. The summed E-state index contributed by atoms with van der Waals surface area (Å²) >= 11 is 1.27. The Hall–Kier alpha value is -3.98. The standard InChI is InChI=1S/C23H16FNO6S/c24-15-4-1-13(2-5-15)20(26)12-32-17-8-6-16(7-9-17)25-21(27)18-10-3-14(22(28)29)11-19(18)23(30)31/h1-11H,12H2,(H,25,27)(H,28,29)(H,30,31). The molecule has 0 radical (unpaired) electrons. The van der Waals surface area contributed by atoms with Crippen LogP contribution in [0.5, 0.6) is 0 Å². The molecule has 0 saturated heterocycles. The maximum absolute atomic E-state index is 12.9. The molecule has 32 heavy (non-hydrogen) atoms. The zero-order valence-corrected chi connectivity index (χ0v) is 17.2. The highest BCUT2D eigenvalue weighted by Crippen LogP contribution is 2.22. The van der Waals surface area contributed by atoms with Gasteiger partial charge in [0.25, 0.3) is 5.91 Å². The smallest absolute Gasteiger partial charge is 0.336 e. The van der Waals surface area contributed by atoms with Crippen molar-refractivity contribution in [3.8, 4) is 0 Å². The Morgan fingerprint density at radius 1 is 0.781 bits per heavy atom. The molecule has 3 aromatic rings. The lowest BCUT2D eigenvalue weighted by atomic mass is 10.0. The van der Waals surface area contributed by atoms with E-state index in [-0.39, 0.29) is 22.7 Å². The van der Waals surface area contributed by atoms with Crippen LogP contribution in [0.3, 0.4) is 0 Å². The number of halogens is 1. The van der Waals surface area contributed by atoms with Gasteiger partial charge in [0, 0.05) is 16.1 Å². The first kappa shape index (κ1) is 22.7. The number of nitrogens with one attached hydrogen (secondary N) is 1. The van der Waals surface area contributed by atoms with Gasteiger partial charge in [-0.1, -0.05) is 0 Å². The normalized spacial score (nSPS) is 10.4. The summed E-state index contributed by atoms with van der Waals surface area (Å²) in [6.07, 6.45) is 0. The highest BCUT2D eigenvalue weighted by molar-refractivity contribution is 8.00. The molecule has 0 bridgehead atoms. The Balaban J connectivity index is 1.65. The van der Waals surface area contributed by atoms with Crippen LogP contribution in [0.2, 0.25) is 0 Å². The van der Waals surface area contributed by atoms with Crippen molar-refractivity contribution >= 4 is 41.1 Å². The molecule has 162 valence electrons. The first-order valence-corrected chi connectivity index (χ1v) is 10.2. The summed E-state index contributed by atoms with van der Waals surface area (Å²) < 4.78 is 12.9. The highest BCUT2D eigenvalue weighted by Gasteiger charge is 2.19. The molecule has 0 spiro atoms. The number of hydrogen-bond donors (Lipinski definition) is 3. The molecule has 3 rings (SSSR count). The molecule has 9 heteroatoms. The number of rotatable bonds is 8. The molecule has 0 aliphatic heterocycles. The number of carboxylic acid groups (broad SMARTS) is 2. The SMILES string of the molecule is O=C(O)c1ccc(C(=O)Nc2ccc(SCC(=O)c3ccc(F)cc3)cc2)c(C(=O)O)c1. The highest BCUT2D eigenvalue weighted by atomic mass is 32.2. The second-order valence-electron chi connectivity index (χ2n) is 6.57. The number of carbonyl (C=O) groups excluding carboxylic acids is 2. The van der Waals surface area contributed by atoms with Crippen LogP contribution in [0.25, 0.3) is 0 Å². The van der Waals surface area contributed by atoms with Gasteiger partial charge in [-0.05, 0) is 66.7 Å². The van der Waals surface area contributed by atoms with E-state index in [2.05, 4.69) is 5.32 Å². The monoisotopic (exact) mass is 453 g/mol. The number of ketones is 1. The van der Waals surface area contributed by atoms with Crippen LogP contribution in [0, 0.1) is 5.82 Å². The summed E-state index contributed by atoms with van der Waals surface area (Å²) in [6, 6.07) is 15.1. The number of carboxylic acids is 2. The van der Waals surface area contributed by atoms with Gasteiger partial charge in [0.1, 0.15) is 5.82 Å². The van der Waals surface area contributed by atoms with Gasteiger partial charge in [0.15, 0.2) is 5.78 Å². The van der Waals surface area contributed by atoms with Crippen LogP contribution >= 0.6 is 11.8 Å². The van der Waals surface area contributed by atoms with Gasteiger partial charge >= 0.3 is 11.9 Å². The van der Waals surface area contributed by atoms with Crippen molar-refractivity contribution in [3.63, 3.8) is 0 Å². The topological polar surface area (TPSA) is 121 Å². The molecule has 3 aromatic carbocycles. The van der Waals surface area contributed by atoms with Gasteiger partial charge in [0.2, 0.25) is 0 Å². The predicted molar refractivity (Wildman–Crippen MR) is 116 cm³/mol. The molecule has 0 unspecified atom stereocenters. The third-order valence-electron chi connectivity index (χ3n) is 4.39. The maximum atomic E-state index is 12.9. The first-order valence-electron chi connectivity index (χ1n) is 9.18. The van der Waals surface area contributed by atoms with Crippen molar-refractivity contribution in [1.29, 1.82) is 0 Å². The van der Waals surface area contributed by atoms with Crippen LogP contribution in [0.4, 0.5) is 10.1 Å². The van der Waals surface area contributed by atoms with E-state index in [0.29, 0.717) is 11.3 Å². The summed E-state index contributed by atoms with van der Waals surface area (Å²) in [7, 11) is 0. The number of thioether (sulfide) groups is 1. The van der Waals surface area contributed by atoms with Crippen LogP contribution in [0.1, 0.15) is 41.4 Å². The number of amides is 1. The van der Waals surface area contributed by atoms with E-state index in [1.54, 1.807) is 24.3 Å². The molecule has 1 amide bonds. The van der Waals surface area contributed by atoms with Gasteiger partial charge < -0.3 is 15.5 Å². The fourth-order valence-corrected chi connectivity index (χ4v) is 3.55. The molecular weight excluding hydrogens is 437 g/mol.